The van der Waals surface area contributed by atoms with E-state index in [1.807, 2.05) is 12.4 Å². The van der Waals surface area contributed by atoms with E-state index in [0.717, 1.165) is 13.0 Å². The zero-order valence-electron chi connectivity index (χ0n) is 10.6. The van der Waals surface area contributed by atoms with Crippen LogP contribution >= 0.6 is 27.3 Å². The number of rotatable bonds is 5. The van der Waals surface area contributed by atoms with Crippen LogP contribution in [0.5, 0.6) is 0 Å². The summed E-state index contributed by atoms with van der Waals surface area (Å²) in [5, 5.41) is 5.78. The van der Waals surface area contributed by atoms with Crippen LogP contribution in [0.2, 0.25) is 0 Å². The van der Waals surface area contributed by atoms with Gasteiger partial charge in [-0.05, 0) is 64.0 Å². The first-order valence-corrected chi connectivity index (χ1v) is 7.77. The fourth-order valence-corrected chi connectivity index (χ4v) is 3.13. The highest BCUT2D eigenvalue weighted by Gasteiger charge is 2.15. The second-order valence-electron chi connectivity index (χ2n) is 4.37. The monoisotopic (exact) mass is 324 g/mol. The maximum Gasteiger partial charge on any atom is 0.0701 e. The lowest BCUT2D eigenvalue weighted by molar-refractivity contribution is 0.598. The Hall–Kier alpha value is -0.710. The first-order valence-electron chi connectivity index (χ1n) is 6.09. The molecule has 0 fully saturated rings. The molecule has 0 spiro atoms. The van der Waals surface area contributed by atoms with Crippen molar-refractivity contribution >= 4 is 27.3 Å². The molecule has 1 atom stereocenters. The molecule has 2 aromatic rings. The zero-order valence-corrected chi connectivity index (χ0v) is 13.0. The normalized spacial score (nSPS) is 12.6. The number of aryl methyl sites for hydroxylation is 1. The van der Waals surface area contributed by atoms with Crippen LogP contribution in [0.1, 0.15) is 36.1 Å². The fourth-order valence-electron chi connectivity index (χ4n) is 1.93. The molecule has 0 aliphatic rings. The summed E-state index contributed by atoms with van der Waals surface area (Å²) in [6, 6.07) is 4.62. The van der Waals surface area contributed by atoms with Gasteiger partial charge in [-0.2, -0.15) is 0 Å². The number of aromatic nitrogens is 1. The molecular formula is C14H17BrN2S. The van der Waals surface area contributed by atoms with Crippen molar-refractivity contribution in [1.29, 1.82) is 0 Å². The van der Waals surface area contributed by atoms with E-state index in [9.17, 15) is 0 Å². The minimum Gasteiger partial charge on any atom is -0.306 e. The highest BCUT2D eigenvalue weighted by atomic mass is 79.9. The smallest absolute Gasteiger partial charge is 0.0701 e. The van der Waals surface area contributed by atoms with E-state index in [0.29, 0.717) is 0 Å². The molecule has 0 radical (unpaired) electrons. The molecule has 2 heterocycles. The van der Waals surface area contributed by atoms with Crippen molar-refractivity contribution < 1.29 is 0 Å². The van der Waals surface area contributed by atoms with Gasteiger partial charge in [0.15, 0.2) is 0 Å². The Morgan fingerprint density at radius 2 is 2.17 bits per heavy atom. The van der Waals surface area contributed by atoms with Gasteiger partial charge in [0, 0.05) is 12.4 Å². The second-order valence-corrected chi connectivity index (χ2v) is 6.66. The van der Waals surface area contributed by atoms with Gasteiger partial charge in [-0.3, -0.25) is 4.98 Å². The van der Waals surface area contributed by atoms with Gasteiger partial charge in [0.05, 0.1) is 9.83 Å². The van der Waals surface area contributed by atoms with Crippen LogP contribution in [0.25, 0.3) is 0 Å². The molecule has 0 aliphatic carbocycles. The van der Waals surface area contributed by atoms with Gasteiger partial charge >= 0.3 is 0 Å². The number of hydrogen-bond acceptors (Lipinski definition) is 3. The summed E-state index contributed by atoms with van der Waals surface area (Å²) >= 11 is 5.25. The molecule has 4 heteroatoms. The maximum atomic E-state index is 4.30. The molecule has 18 heavy (non-hydrogen) atoms. The first kappa shape index (κ1) is 13.7. The number of hydrogen-bond donors (Lipinski definition) is 1. The van der Waals surface area contributed by atoms with E-state index in [-0.39, 0.29) is 6.04 Å². The van der Waals surface area contributed by atoms with Crippen LogP contribution in [0.3, 0.4) is 0 Å². The Labute approximate surface area is 121 Å². The predicted octanol–water partition coefficient (Wildman–Crippen LogP) is 4.30. The number of pyridine rings is 1. The highest BCUT2D eigenvalue weighted by Crippen LogP contribution is 2.29. The van der Waals surface area contributed by atoms with Crippen LogP contribution in [-0.2, 0) is 0 Å². The molecular weight excluding hydrogens is 308 g/mol. The van der Waals surface area contributed by atoms with Crippen molar-refractivity contribution in [2.75, 3.05) is 6.54 Å². The molecule has 0 amide bonds. The van der Waals surface area contributed by atoms with E-state index >= 15 is 0 Å². The molecule has 96 valence electrons. The standard InChI is InChI=1S/C14H17BrN2S/c1-3-4-17-14(12-6-13(15)18-9-12)11-5-10(2)7-16-8-11/h5-9,14,17H,3-4H2,1-2H3. The molecule has 1 unspecified atom stereocenters. The summed E-state index contributed by atoms with van der Waals surface area (Å²) in [5.41, 5.74) is 3.73. The van der Waals surface area contributed by atoms with Crippen LogP contribution in [-0.4, -0.2) is 11.5 Å². The minimum absolute atomic E-state index is 0.236. The van der Waals surface area contributed by atoms with E-state index in [1.54, 1.807) is 11.3 Å². The molecule has 0 aliphatic heterocycles. The van der Waals surface area contributed by atoms with Gasteiger partial charge in [-0.25, -0.2) is 0 Å². The van der Waals surface area contributed by atoms with Gasteiger partial charge < -0.3 is 5.32 Å². The van der Waals surface area contributed by atoms with Crippen molar-refractivity contribution in [2.45, 2.75) is 26.3 Å². The molecule has 0 saturated heterocycles. The van der Waals surface area contributed by atoms with E-state index in [1.165, 1.54) is 20.5 Å². The number of halogens is 1. The zero-order chi connectivity index (χ0) is 13.0. The van der Waals surface area contributed by atoms with E-state index < -0.39 is 0 Å². The third kappa shape index (κ3) is 3.40. The van der Waals surface area contributed by atoms with Gasteiger partial charge in [-0.15, -0.1) is 11.3 Å². The van der Waals surface area contributed by atoms with Gasteiger partial charge in [0.1, 0.15) is 0 Å². The third-order valence-electron chi connectivity index (χ3n) is 2.75. The number of nitrogens with zero attached hydrogens (tertiary/aromatic N) is 1. The third-order valence-corrected chi connectivity index (χ3v) is 4.27. The lowest BCUT2D eigenvalue weighted by Gasteiger charge is -2.18. The number of nitrogens with one attached hydrogen (secondary N) is 1. The molecule has 0 aromatic carbocycles. The Morgan fingerprint density at radius 1 is 1.33 bits per heavy atom. The Balaban J connectivity index is 2.30. The molecule has 0 saturated carbocycles. The van der Waals surface area contributed by atoms with Crippen molar-refractivity contribution in [2.24, 2.45) is 0 Å². The van der Waals surface area contributed by atoms with E-state index in [4.69, 9.17) is 0 Å². The summed E-state index contributed by atoms with van der Waals surface area (Å²) in [6.07, 6.45) is 4.97. The Morgan fingerprint density at radius 3 is 2.78 bits per heavy atom. The maximum absolute atomic E-state index is 4.30. The quantitative estimate of drug-likeness (QED) is 0.886. The Kier molecular flexibility index (Phi) is 4.92. The average Bonchev–Trinajstić information content (AvgIpc) is 2.76. The number of thiophene rings is 1. The summed E-state index contributed by atoms with van der Waals surface area (Å²) in [7, 11) is 0. The molecule has 0 bridgehead atoms. The lowest BCUT2D eigenvalue weighted by Crippen LogP contribution is -2.23. The van der Waals surface area contributed by atoms with Crippen molar-refractivity contribution in [3.8, 4) is 0 Å². The summed E-state index contributed by atoms with van der Waals surface area (Å²) in [4.78, 5) is 4.30. The van der Waals surface area contributed by atoms with Crippen molar-refractivity contribution in [3.05, 3.63) is 50.4 Å². The topological polar surface area (TPSA) is 24.9 Å². The largest absolute Gasteiger partial charge is 0.306 e. The summed E-state index contributed by atoms with van der Waals surface area (Å²) in [5.74, 6) is 0. The molecule has 2 nitrogen and oxygen atoms in total. The minimum atomic E-state index is 0.236. The van der Waals surface area contributed by atoms with Crippen LogP contribution in [0, 0.1) is 6.92 Å². The lowest BCUT2D eigenvalue weighted by atomic mass is 10.0. The SMILES string of the molecule is CCCNC(c1cncc(C)c1)c1csc(Br)c1. The average molecular weight is 325 g/mol. The second kappa shape index (κ2) is 6.45. The fraction of sp³-hybridized carbons (Fsp3) is 0.357. The van der Waals surface area contributed by atoms with Crippen LogP contribution in [0.15, 0.2) is 33.7 Å². The van der Waals surface area contributed by atoms with Crippen molar-refractivity contribution in [3.63, 3.8) is 0 Å². The van der Waals surface area contributed by atoms with Gasteiger partial charge in [0.25, 0.3) is 0 Å². The van der Waals surface area contributed by atoms with E-state index in [2.05, 4.69) is 57.6 Å². The summed E-state index contributed by atoms with van der Waals surface area (Å²) < 4.78 is 1.17. The van der Waals surface area contributed by atoms with Gasteiger partial charge in [-0.1, -0.05) is 13.0 Å². The van der Waals surface area contributed by atoms with Crippen LogP contribution in [0.4, 0.5) is 0 Å². The first-order chi connectivity index (χ1) is 8.70. The summed E-state index contributed by atoms with van der Waals surface area (Å²) in [6.45, 7) is 5.27. The Bertz CT molecular complexity index is 510. The molecule has 2 aromatic heterocycles. The molecule has 1 N–H and O–H groups in total. The van der Waals surface area contributed by atoms with Crippen LogP contribution < -0.4 is 5.32 Å². The highest BCUT2D eigenvalue weighted by molar-refractivity contribution is 9.11. The van der Waals surface area contributed by atoms with Crippen molar-refractivity contribution in [1.82, 2.24) is 10.3 Å². The molecule has 2 rings (SSSR count). The van der Waals surface area contributed by atoms with Gasteiger partial charge in [0.2, 0.25) is 0 Å². The predicted molar refractivity (Wildman–Crippen MR) is 81.1 cm³/mol.